The number of anilines is 1. The highest BCUT2D eigenvalue weighted by Gasteiger charge is 2.53. The summed E-state index contributed by atoms with van der Waals surface area (Å²) in [5.74, 6) is 2.08. The molecular formula is C30H33N3O6. The zero-order chi connectivity index (χ0) is 27.0. The first-order chi connectivity index (χ1) is 19.0. The number of ether oxygens (including phenoxy) is 4. The standard InChI is InChI=1S/C30H33N3O6/c1-3-4-20-17-32(18-26(34)23-9-11-31-25-7-6-22(36-2)16-24(23)25)12-10-30(20)19-33(29(35)39-30)21-5-8-27-28(15-21)38-14-13-37-27/h3,5-9,11,15-16,20,26,34H,1,4,10,12-14,17-19H2,2H3/t20-,26-,30+/m0/s1. The first-order valence-corrected chi connectivity index (χ1v) is 13.3. The van der Waals surface area contributed by atoms with Crippen LogP contribution in [-0.2, 0) is 4.74 Å². The lowest BCUT2D eigenvalue weighted by Crippen LogP contribution is -2.54. The summed E-state index contributed by atoms with van der Waals surface area (Å²) in [6, 6.07) is 13.1. The maximum Gasteiger partial charge on any atom is 0.415 e. The summed E-state index contributed by atoms with van der Waals surface area (Å²) in [5.41, 5.74) is 1.73. The Morgan fingerprint density at radius 2 is 2.05 bits per heavy atom. The molecule has 39 heavy (non-hydrogen) atoms. The van der Waals surface area contributed by atoms with Gasteiger partial charge in [0.05, 0.1) is 31.0 Å². The van der Waals surface area contributed by atoms with Crippen molar-refractivity contribution in [1.29, 1.82) is 0 Å². The molecule has 0 saturated carbocycles. The summed E-state index contributed by atoms with van der Waals surface area (Å²) < 4.78 is 22.9. The van der Waals surface area contributed by atoms with Crippen LogP contribution in [0.25, 0.3) is 10.9 Å². The Balaban J connectivity index is 1.19. The van der Waals surface area contributed by atoms with E-state index < -0.39 is 11.7 Å². The number of aliphatic hydroxyl groups is 1. The number of piperidine rings is 1. The summed E-state index contributed by atoms with van der Waals surface area (Å²) in [6.07, 6.45) is 3.91. The third-order valence-electron chi connectivity index (χ3n) is 8.07. The first kappa shape index (κ1) is 25.5. The fourth-order valence-electron chi connectivity index (χ4n) is 6.02. The number of hydrogen-bond donors (Lipinski definition) is 1. The van der Waals surface area contributed by atoms with E-state index in [0.717, 1.165) is 27.9 Å². The fraction of sp³-hybridized carbons (Fsp3) is 0.400. The number of carbonyl (C=O) groups is 1. The molecule has 1 aromatic heterocycles. The number of pyridine rings is 1. The van der Waals surface area contributed by atoms with Crippen LogP contribution in [0.2, 0.25) is 0 Å². The number of hydrogen-bond acceptors (Lipinski definition) is 8. The molecule has 0 aliphatic carbocycles. The van der Waals surface area contributed by atoms with Gasteiger partial charge in [0.2, 0.25) is 0 Å². The molecule has 2 aromatic carbocycles. The Hall–Kier alpha value is -3.82. The molecule has 2 saturated heterocycles. The van der Waals surface area contributed by atoms with Crippen molar-refractivity contribution in [2.45, 2.75) is 24.5 Å². The van der Waals surface area contributed by atoms with Crippen LogP contribution in [0.3, 0.4) is 0 Å². The number of amides is 1. The molecule has 9 heteroatoms. The Morgan fingerprint density at radius 3 is 2.87 bits per heavy atom. The minimum atomic E-state index is -0.707. The van der Waals surface area contributed by atoms with Gasteiger partial charge in [0, 0.05) is 49.6 Å². The third kappa shape index (κ3) is 4.77. The van der Waals surface area contributed by atoms with Gasteiger partial charge in [0.15, 0.2) is 11.5 Å². The number of allylic oxidation sites excluding steroid dienone is 1. The van der Waals surface area contributed by atoms with Gasteiger partial charge in [-0.1, -0.05) is 6.08 Å². The van der Waals surface area contributed by atoms with Crippen molar-refractivity contribution in [3.8, 4) is 17.2 Å². The molecule has 3 aromatic rings. The lowest BCUT2D eigenvalue weighted by molar-refractivity contribution is -0.0545. The summed E-state index contributed by atoms with van der Waals surface area (Å²) in [4.78, 5) is 21.5. The second kappa shape index (κ2) is 10.4. The normalized spacial score (nSPS) is 23.6. The second-order valence-corrected chi connectivity index (χ2v) is 10.4. The smallest absolute Gasteiger partial charge is 0.415 e. The Bertz CT molecular complexity index is 1400. The third-order valence-corrected chi connectivity index (χ3v) is 8.07. The minimum Gasteiger partial charge on any atom is -0.497 e. The number of β-amino-alcohol motifs (C(OH)–C–C–N with tert-alkyl or cyclic N) is 1. The molecular weight excluding hydrogens is 498 g/mol. The van der Waals surface area contributed by atoms with Crippen molar-refractivity contribution in [2.75, 3.05) is 51.4 Å². The van der Waals surface area contributed by atoms with Gasteiger partial charge in [-0.05, 0) is 48.4 Å². The number of fused-ring (bicyclic) bond motifs is 2. The monoisotopic (exact) mass is 531 g/mol. The van der Waals surface area contributed by atoms with Gasteiger partial charge in [-0.15, -0.1) is 6.58 Å². The SMILES string of the molecule is C=CC[C@H]1CN(C[C@H](O)c2ccnc3ccc(OC)cc23)CC[C@@]12CN(c1ccc3c(c1)OCCO3)C(=O)O2. The molecule has 0 radical (unpaired) electrons. The molecule has 0 bridgehead atoms. The van der Waals surface area contributed by atoms with Crippen molar-refractivity contribution in [1.82, 2.24) is 9.88 Å². The highest BCUT2D eigenvalue weighted by atomic mass is 16.6. The largest absolute Gasteiger partial charge is 0.497 e. The van der Waals surface area contributed by atoms with Gasteiger partial charge >= 0.3 is 6.09 Å². The lowest BCUT2D eigenvalue weighted by Gasteiger charge is -2.44. The van der Waals surface area contributed by atoms with Gasteiger partial charge in [-0.2, -0.15) is 0 Å². The van der Waals surface area contributed by atoms with Crippen molar-refractivity contribution in [2.24, 2.45) is 5.92 Å². The predicted octanol–water partition coefficient (Wildman–Crippen LogP) is 4.34. The van der Waals surface area contributed by atoms with Crippen LogP contribution in [0.4, 0.5) is 10.5 Å². The number of methoxy groups -OCH3 is 1. The lowest BCUT2D eigenvalue weighted by atomic mass is 9.78. The minimum absolute atomic E-state index is 0.0383. The number of nitrogens with zero attached hydrogens (tertiary/aromatic N) is 3. The van der Waals surface area contributed by atoms with Crippen LogP contribution in [0.1, 0.15) is 24.5 Å². The number of carbonyl (C=O) groups excluding carboxylic acids is 1. The van der Waals surface area contributed by atoms with E-state index in [0.29, 0.717) is 63.7 Å². The number of benzene rings is 2. The van der Waals surface area contributed by atoms with Crippen LogP contribution in [0.5, 0.6) is 17.2 Å². The van der Waals surface area contributed by atoms with Crippen LogP contribution in [0, 0.1) is 5.92 Å². The van der Waals surface area contributed by atoms with E-state index in [4.69, 9.17) is 18.9 Å². The van der Waals surface area contributed by atoms with Crippen molar-refractivity contribution in [3.63, 3.8) is 0 Å². The van der Waals surface area contributed by atoms with Crippen LogP contribution >= 0.6 is 0 Å². The van der Waals surface area contributed by atoms with Gasteiger partial charge in [0.1, 0.15) is 24.6 Å². The topological polar surface area (TPSA) is 93.6 Å². The van der Waals surface area contributed by atoms with E-state index in [1.807, 2.05) is 48.5 Å². The number of likely N-dealkylation sites (tertiary alicyclic amines) is 1. The molecule has 3 aliphatic heterocycles. The van der Waals surface area contributed by atoms with E-state index in [2.05, 4.69) is 16.5 Å². The average Bonchev–Trinajstić information content (AvgIpc) is 3.30. The zero-order valence-corrected chi connectivity index (χ0v) is 22.0. The van der Waals surface area contributed by atoms with Gasteiger partial charge in [-0.3, -0.25) is 14.8 Å². The van der Waals surface area contributed by atoms with Crippen LogP contribution < -0.4 is 19.1 Å². The quantitative estimate of drug-likeness (QED) is 0.450. The van der Waals surface area contributed by atoms with Crippen LogP contribution in [-0.4, -0.2) is 73.2 Å². The maximum absolute atomic E-state index is 13.1. The molecule has 0 unspecified atom stereocenters. The number of rotatable bonds is 7. The summed E-state index contributed by atoms with van der Waals surface area (Å²) in [7, 11) is 1.63. The summed E-state index contributed by atoms with van der Waals surface area (Å²) >= 11 is 0. The van der Waals surface area contributed by atoms with Gasteiger partial charge in [-0.25, -0.2) is 4.79 Å². The Kier molecular flexibility index (Phi) is 6.78. The van der Waals surface area contributed by atoms with Gasteiger partial charge in [0.25, 0.3) is 0 Å². The molecule has 1 spiro atoms. The first-order valence-electron chi connectivity index (χ1n) is 13.3. The number of aromatic nitrogens is 1. The van der Waals surface area contributed by atoms with Crippen molar-refractivity contribution in [3.05, 3.63) is 66.9 Å². The van der Waals surface area contributed by atoms with E-state index in [9.17, 15) is 9.90 Å². The Morgan fingerprint density at radius 1 is 1.21 bits per heavy atom. The van der Waals surface area contributed by atoms with E-state index in [-0.39, 0.29) is 12.0 Å². The fourth-order valence-corrected chi connectivity index (χ4v) is 6.02. The molecule has 2 fully saturated rings. The molecule has 1 amide bonds. The molecule has 9 nitrogen and oxygen atoms in total. The predicted molar refractivity (Wildman–Crippen MR) is 147 cm³/mol. The van der Waals surface area contributed by atoms with E-state index >= 15 is 0 Å². The zero-order valence-electron chi connectivity index (χ0n) is 22.0. The van der Waals surface area contributed by atoms with Crippen molar-refractivity contribution >= 4 is 22.7 Å². The van der Waals surface area contributed by atoms with Crippen LogP contribution in [0.15, 0.2) is 61.3 Å². The highest BCUT2D eigenvalue weighted by molar-refractivity contribution is 5.91. The molecule has 4 heterocycles. The maximum atomic E-state index is 13.1. The van der Waals surface area contributed by atoms with Crippen molar-refractivity contribution < 1.29 is 28.8 Å². The highest BCUT2D eigenvalue weighted by Crippen LogP contribution is 2.43. The molecule has 3 aliphatic rings. The Labute approximate surface area is 227 Å². The molecule has 1 N–H and O–H groups in total. The summed E-state index contributed by atoms with van der Waals surface area (Å²) in [5, 5.41) is 12.2. The molecule has 204 valence electrons. The molecule has 3 atom stereocenters. The van der Waals surface area contributed by atoms with E-state index in [1.165, 1.54) is 0 Å². The van der Waals surface area contributed by atoms with E-state index in [1.54, 1.807) is 18.2 Å². The second-order valence-electron chi connectivity index (χ2n) is 10.4. The average molecular weight is 532 g/mol. The van der Waals surface area contributed by atoms with Gasteiger partial charge < -0.3 is 24.1 Å². The molecule has 6 rings (SSSR count). The number of aliphatic hydroxyl groups excluding tert-OH is 1. The summed E-state index contributed by atoms with van der Waals surface area (Å²) in [6.45, 7) is 7.25.